The molecule has 0 saturated carbocycles. The van der Waals surface area contributed by atoms with Crippen molar-refractivity contribution in [2.24, 2.45) is 5.92 Å². The molecular weight excluding hydrogens is 358 g/mol. The lowest BCUT2D eigenvalue weighted by Gasteiger charge is -2.32. The van der Waals surface area contributed by atoms with Crippen LogP contribution in [0.5, 0.6) is 0 Å². The molecule has 0 spiro atoms. The molecule has 1 N–H and O–H groups in total. The number of likely N-dealkylation sites (tertiary alicyclic amines) is 1. The third kappa shape index (κ3) is 5.82. The number of nitrogens with zero attached hydrogens (tertiary/aromatic N) is 2. The zero-order valence-electron chi connectivity index (χ0n) is 15.6. The summed E-state index contributed by atoms with van der Waals surface area (Å²) in [6.07, 6.45) is 3.89. The molecule has 27 heavy (non-hydrogen) atoms. The highest BCUT2D eigenvalue weighted by Crippen LogP contribution is 2.21. The Labute approximate surface area is 164 Å². The minimum absolute atomic E-state index is 0.0532. The number of hydrogen-bond donors (Lipinski definition) is 1. The predicted molar refractivity (Wildman–Crippen MR) is 109 cm³/mol. The zero-order chi connectivity index (χ0) is 19.1. The Kier molecular flexibility index (Phi) is 6.87. The normalized spacial score (nSPS) is 16.8. The Morgan fingerprint density at radius 3 is 2.78 bits per heavy atom. The monoisotopic (exact) mass is 383 g/mol. The van der Waals surface area contributed by atoms with E-state index in [9.17, 15) is 9.59 Å². The molecule has 2 amide bonds. The van der Waals surface area contributed by atoms with Gasteiger partial charge in [0, 0.05) is 36.4 Å². The van der Waals surface area contributed by atoms with Crippen LogP contribution in [0.15, 0.2) is 53.6 Å². The van der Waals surface area contributed by atoms with Crippen molar-refractivity contribution in [2.75, 3.05) is 24.2 Å². The van der Waals surface area contributed by atoms with Gasteiger partial charge in [-0.25, -0.2) is 4.98 Å². The van der Waals surface area contributed by atoms with Crippen molar-refractivity contribution in [3.05, 3.63) is 54.2 Å². The molecule has 0 aliphatic carbocycles. The second-order valence-electron chi connectivity index (χ2n) is 6.80. The molecule has 1 saturated heterocycles. The second kappa shape index (κ2) is 9.55. The van der Waals surface area contributed by atoms with Gasteiger partial charge in [-0.15, -0.1) is 11.8 Å². The SMILES string of the molecule is Cc1ccc(NC(=O)C2CCCN(C(=O)CCSc3ccccc3)C2)nc1. The first-order valence-corrected chi connectivity index (χ1v) is 10.3. The van der Waals surface area contributed by atoms with Crippen LogP contribution in [0.4, 0.5) is 5.82 Å². The summed E-state index contributed by atoms with van der Waals surface area (Å²) in [5.74, 6) is 1.22. The maximum atomic E-state index is 12.5. The third-order valence-electron chi connectivity index (χ3n) is 4.64. The fraction of sp³-hybridized carbons (Fsp3) is 0.381. The highest BCUT2D eigenvalue weighted by molar-refractivity contribution is 7.99. The van der Waals surface area contributed by atoms with Gasteiger partial charge in [-0.3, -0.25) is 9.59 Å². The van der Waals surface area contributed by atoms with E-state index < -0.39 is 0 Å². The summed E-state index contributed by atoms with van der Waals surface area (Å²) in [6, 6.07) is 13.8. The number of anilines is 1. The van der Waals surface area contributed by atoms with Crippen molar-refractivity contribution < 1.29 is 9.59 Å². The lowest BCUT2D eigenvalue weighted by molar-refractivity contribution is -0.134. The van der Waals surface area contributed by atoms with Gasteiger partial charge >= 0.3 is 0 Å². The molecule has 1 aliphatic rings. The van der Waals surface area contributed by atoms with Crippen LogP contribution in [-0.2, 0) is 9.59 Å². The lowest BCUT2D eigenvalue weighted by Crippen LogP contribution is -2.43. The average molecular weight is 384 g/mol. The Balaban J connectivity index is 1.47. The molecule has 142 valence electrons. The van der Waals surface area contributed by atoms with E-state index in [2.05, 4.69) is 22.4 Å². The van der Waals surface area contributed by atoms with Crippen LogP contribution in [0, 0.1) is 12.8 Å². The van der Waals surface area contributed by atoms with E-state index in [0.29, 0.717) is 18.8 Å². The number of hydrogen-bond acceptors (Lipinski definition) is 4. The lowest BCUT2D eigenvalue weighted by atomic mass is 9.97. The van der Waals surface area contributed by atoms with E-state index in [1.165, 1.54) is 4.90 Å². The van der Waals surface area contributed by atoms with Crippen LogP contribution in [0.25, 0.3) is 0 Å². The summed E-state index contributed by atoms with van der Waals surface area (Å²) >= 11 is 1.69. The van der Waals surface area contributed by atoms with E-state index in [4.69, 9.17) is 0 Å². The molecule has 6 heteroatoms. The van der Waals surface area contributed by atoms with Crippen molar-refractivity contribution in [1.29, 1.82) is 0 Å². The summed E-state index contributed by atoms with van der Waals surface area (Å²) in [6.45, 7) is 3.19. The molecule has 1 aromatic heterocycles. The average Bonchev–Trinajstić information content (AvgIpc) is 2.70. The number of carbonyl (C=O) groups is 2. The van der Waals surface area contributed by atoms with Crippen LogP contribution < -0.4 is 5.32 Å². The Hall–Kier alpha value is -2.34. The van der Waals surface area contributed by atoms with Gasteiger partial charge in [0.25, 0.3) is 0 Å². The van der Waals surface area contributed by atoms with Crippen molar-refractivity contribution in [3.63, 3.8) is 0 Å². The minimum atomic E-state index is -0.174. The maximum Gasteiger partial charge on any atom is 0.230 e. The standard InChI is InChI=1S/C21H25N3O2S/c1-16-9-10-19(22-14-16)23-21(26)17-6-5-12-24(15-17)20(25)11-13-27-18-7-3-2-4-8-18/h2-4,7-10,14,17H,5-6,11-13,15H2,1H3,(H,22,23,26). The van der Waals surface area contributed by atoms with Gasteiger partial charge in [0.2, 0.25) is 11.8 Å². The first-order valence-electron chi connectivity index (χ1n) is 9.31. The topological polar surface area (TPSA) is 62.3 Å². The van der Waals surface area contributed by atoms with Gasteiger partial charge in [0.05, 0.1) is 5.92 Å². The Bertz CT molecular complexity index is 765. The molecule has 2 heterocycles. The molecule has 0 radical (unpaired) electrons. The predicted octanol–water partition coefficient (Wildman–Crippen LogP) is 3.75. The number of thioether (sulfide) groups is 1. The molecule has 5 nitrogen and oxygen atoms in total. The van der Waals surface area contributed by atoms with Gasteiger partial charge in [0.15, 0.2) is 0 Å². The molecule has 0 bridgehead atoms. The fourth-order valence-electron chi connectivity index (χ4n) is 3.12. The highest BCUT2D eigenvalue weighted by Gasteiger charge is 2.28. The Morgan fingerprint density at radius 1 is 1.22 bits per heavy atom. The van der Waals surface area contributed by atoms with E-state index in [1.54, 1.807) is 24.0 Å². The number of benzene rings is 1. The van der Waals surface area contributed by atoms with E-state index in [0.717, 1.165) is 30.7 Å². The first kappa shape index (κ1) is 19.4. The van der Waals surface area contributed by atoms with Crippen molar-refractivity contribution in [2.45, 2.75) is 31.1 Å². The van der Waals surface area contributed by atoms with Crippen LogP contribution in [0.3, 0.4) is 0 Å². The molecule has 1 fully saturated rings. The fourth-order valence-corrected chi connectivity index (χ4v) is 3.98. The third-order valence-corrected chi connectivity index (χ3v) is 5.65. The molecule has 2 aromatic rings. The number of pyridine rings is 1. The zero-order valence-corrected chi connectivity index (χ0v) is 16.4. The van der Waals surface area contributed by atoms with Crippen molar-refractivity contribution in [1.82, 2.24) is 9.88 Å². The number of aryl methyl sites for hydroxylation is 1. The molecule has 1 aliphatic heterocycles. The summed E-state index contributed by atoms with van der Waals surface area (Å²) in [7, 11) is 0. The molecular formula is C21H25N3O2S. The Morgan fingerprint density at radius 2 is 2.04 bits per heavy atom. The van der Waals surface area contributed by atoms with Gasteiger partial charge in [-0.1, -0.05) is 24.3 Å². The largest absolute Gasteiger partial charge is 0.342 e. The van der Waals surface area contributed by atoms with E-state index in [-0.39, 0.29) is 17.7 Å². The van der Waals surface area contributed by atoms with Crippen LogP contribution >= 0.6 is 11.8 Å². The number of rotatable bonds is 6. The molecule has 1 atom stereocenters. The number of nitrogens with one attached hydrogen (secondary N) is 1. The van der Waals surface area contributed by atoms with Crippen LogP contribution in [0.2, 0.25) is 0 Å². The summed E-state index contributed by atoms with van der Waals surface area (Å²) in [5, 5.41) is 2.87. The summed E-state index contributed by atoms with van der Waals surface area (Å²) in [4.78, 5) is 32.3. The van der Waals surface area contributed by atoms with Crippen molar-refractivity contribution >= 4 is 29.4 Å². The highest BCUT2D eigenvalue weighted by atomic mass is 32.2. The van der Waals surface area contributed by atoms with E-state index in [1.807, 2.05) is 36.1 Å². The number of piperidine rings is 1. The summed E-state index contributed by atoms with van der Waals surface area (Å²) < 4.78 is 0. The minimum Gasteiger partial charge on any atom is -0.342 e. The smallest absolute Gasteiger partial charge is 0.230 e. The number of aromatic nitrogens is 1. The van der Waals surface area contributed by atoms with Gasteiger partial charge < -0.3 is 10.2 Å². The molecule has 1 unspecified atom stereocenters. The second-order valence-corrected chi connectivity index (χ2v) is 7.97. The number of carbonyl (C=O) groups excluding carboxylic acids is 2. The van der Waals surface area contributed by atoms with Crippen molar-refractivity contribution in [3.8, 4) is 0 Å². The summed E-state index contributed by atoms with van der Waals surface area (Å²) in [5.41, 5.74) is 1.05. The first-order chi connectivity index (χ1) is 13.1. The quantitative estimate of drug-likeness (QED) is 0.772. The van der Waals surface area contributed by atoms with Crippen LogP contribution in [-0.4, -0.2) is 40.5 Å². The maximum absolute atomic E-state index is 12.5. The van der Waals surface area contributed by atoms with Crippen LogP contribution in [0.1, 0.15) is 24.8 Å². The molecule has 1 aromatic carbocycles. The van der Waals surface area contributed by atoms with E-state index >= 15 is 0 Å². The van der Waals surface area contributed by atoms with Gasteiger partial charge in [-0.2, -0.15) is 0 Å². The van der Waals surface area contributed by atoms with Gasteiger partial charge in [-0.05, 0) is 43.5 Å². The van der Waals surface area contributed by atoms with Gasteiger partial charge in [0.1, 0.15) is 5.82 Å². The number of amides is 2. The molecule has 3 rings (SSSR count).